The van der Waals surface area contributed by atoms with Crippen LogP contribution in [0, 0.1) is 0 Å². The minimum atomic E-state index is 0.883. The molecule has 0 bridgehead atoms. The lowest BCUT2D eigenvalue weighted by Crippen LogP contribution is -2.10. The highest BCUT2D eigenvalue weighted by Crippen LogP contribution is 2.49. The van der Waals surface area contributed by atoms with Crippen LogP contribution in [-0.2, 0) is 0 Å². The zero-order valence-corrected chi connectivity index (χ0v) is 28.4. The number of thiophene rings is 2. The molecule has 0 N–H and O–H groups in total. The Hall–Kier alpha value is -5.94. The summed E-state index contributed by atoms with van der Waals surface area (Å²) in [6.45, 7) is 0. The van der Waals surface area contributed by atoms with E-state index in [1.165, 1.54) is 56.9 Å². The lowest BCUT2D eigenvalue weighted by molar-refractivity contribution is 0.672. The minimum Gasteiger partial charge on any atom is -0.455 e. The molecule has 3 aromatic heterocycles. The van der Waals surface area contributed by atoms with Crippen molar-refractivity contribution in [1.29, 1.82) is 0 Å². The molecule has 234 valence electrons. The summed E-state index contributed by atoms with van der Waals surface area (Å²) in [6.07, 6.45) is 0. The van der Waals surface area contributed by atoms with Gasteiger partial charge in [0.1, 0.15) is 11.2 Å². The fourth-order valence-electron chi connectivity index (χ4n) is 7.77. The molecule has 0 spiro atoms. The first kappa shape index (κ1) is 28.0. The second-order valence-corrected chi connectivity index (χ2v) is 15.0. The van der Waals surface area contributed by atoms with Gasteiger partial charge in [0.2, 0.25) is 0 Å². The number of nitrogens with zero attached hydrogens (tertiary/aromatic N) is 1. The molecule has 0 radical (unpaired) electrons. The van der Waals surface area contributed by atoms with Gasteiger partial charge in [-0.2, -0.15) is 0 Å². The topological polar surface area (TPSA) is 16.4 Å². The number of furan rings is 1. The van der Waals surface area contributed by atoms with E-state index in [2.05, 4.69) is 169 Å². The van der Waals surface area contributed by atoms with Crippen molar-refractivity contribution in [1.82, 2.24) is 0 Å². The van der Waals surface area contributed by atoms with Gasteiger partial charge in [-0.05, 0) is 71.1 Å². The van der Waals surface area contributed by atoms with Gasteiger partial charge in [0.25, 0.3) is 0 Å². The van der Waals surface area contributed by atoms with Gasteiger partial charge in [-0.15, -0.1) is 22.7 Å². The average molecular weight is 674 g/mol. The third-order valence-electron chi connectivity index (χ3n) is 10.0. The smallest absolute Gasteiger partial charge is 0.143 e. The maximum absolute atomic E-state index is 6.70. The van der Waals surface area contributed by atoms with Crippen molar-refractivity contribution in [3.05, 3.63) is 164 Å². The molecule has 0 aliphatic rings. The molecule has 0 unspecified atom stereocenters. The minimum absolute atomic E-state index is 0.883. The Morgan fingerprint density at radius 1 is 0.420 bits per heavy atom. The van der Waals surface area contributed by atoms with Crippen LogP contribution in [0.25, 0.3) is 84.2 Å². The summed E-state index contributed by atoms with van der Waals surface area (Å²) < 4.78 is 11.9. The standard InChI is InChI=1S/C46H27NOS2/c1-2-13-32-28(10-1)22-25-37-44-38(17-9-19-40(44)48-45(32)37)47(39-18-8-16-36-34-15-4-6-21-42(34)50-46(36)39)31-12-7-11-29(26-31)30-23-24-35-33-14-3-5-20-41(33)49-43(35)27-30/h1-27H. The molecular weight excluding hydrogens is 647 g/mol. The van der Waals surface area contributed by atoms with E-state index in [0.717, 1.165) is 44.4 Å². The fraction of sp³-hybridized carbons (Fsp3) is 0. The number of rotatable bonds is 4. The first-order chi connectivity index (χ1) is 24.8. The van der Waals surface area contributed by atoms with Gasteiger partial charge in [-0.1, -0.05) is 109 Å². The summed E-state index contributed by atoms with van der Waals surface area (Å²) in [7, 11) is 0. The molecule has 0 aliphatic heterocycles. The number of benzene rings is 8. The summed E-state index contributed by atoms with van der Waals surface area (Å²) in [5.74, 6) is 0. The third kappa shape index (κ3) is 4.13. The van der Waals surface area contributed by atoms with Gasteiger partial charge in [0.15, 0.2) is 0 Å². The quantitative estimate of drug-likeness (QED) is 0.185. The monoisotopic (exact) mass is 673 g/mol. The maximum atomic E-state index is 6.70. The van der Waals surface area contributed by atoms with Crippen LogP contribution >= 0.6 is 22.7 Å². The lowest BCUT2D eigenvalue weighted by Gasteiger charge is -2.27. The largest absolute Gasteiger partial charge is 0.455 e. The Labute approximate surface area is 295 Å². The molecule has 0 amide bonds. The van der Waals surface area contributed by atoms with Crippen molar-refractivity contribution < 1.29 is 4.42 Å². The molecule has 2 nitrogen and oxygen atoms in total. The third-order valence-corrected chi connectivity index (χ3v) is 12.4. The molecule has 3 heterocycles. The Kier molecular flexibility index (Phi) is 6.03. The molecule has 0 saturated carbocycles. The van der Waals surface area contributed by atoms with Gasteiger partial charge in [0.05, 0.1) is 21.5 Å². The van der Waals surface area contributed by atoms with Crippen LogP contribution in [0.5, 0.6) is 0 Å². The normalized spacial score (nSPS) is 12.0. The van der Waals surface area contributed by atoms with E-state index in [4.69, 9.17) is 4.42 Å². The molecule has 0 atom stereocenters. The zero-order valence-electron chi connectivity index (χ0n) is 26.8. The van der Waals surface area contributed by atoms with Gasteiger partial charge < -0.3 is 9.32 Å². The summed E-state index contributed by atoms with van der Waals surface area (Å²) in [4.78, 5) is 2.45. The molecule has 0 fully saturated rings. The molecule has 50 heavy (non-hydrogen) atoms. The van der Waals surface area contributed by atoms with Crippen molar-refractivity contribution in [2.24, 2.45) is 0 Å². The van der Waals surface area contributed by atoms with E-state index < -0.39 is 0 Å². The predicted molar refractivity (Wildman–Crippen MR) is 217 cm³/mol. The first-order valence-electron chi connectivity index (χ1n) is 16.8. The Balaban J connectivity index is 1.18. The van der Waals surface area contributed by atoms with E-state index in [-0.39, 0.29) is 0 Å². The molecule has 11 rings (SSSR count). The van der Waals surface area contributed by atoms with Gasteiger partial charge >= 0.3 is 0 Å². The zero-order chi connectivity index (χ0) is 32.8. The van der Waals surface area contributed by atoms with Crippen LogP contribution in [0.2, 0.25) is 0 Å². The lowest BCUT2D eigenvalue weighted by atomic mass is 10.0. The van der Waals surface area contributed by atoms with Crippen molar-refractivity contribution in [3.8, 4) is 11.1 Å². The molecule has 8 aromatic carbocycles. The first-order valence-corrected chi connectivity index (χ1v) is 18.5. The second kappa shape index (κ2) is 10.8. The number of hydrogen-bond acceptors (Lipinski definition) is 4. The van der Waals surface area contributed by atoms with E-state index in [9.17, 15) is 0 Å². The summed E-state index contributed by atoms with van der Waals surface area (Å²) in [5.41, 5.74) is 7.56. The van der Waals surface area contributed by atoms with Gasteiger partial charge in [-0.3, -0.25) is 0 Å². The summed E-state index contributed by atoms with van der Waals surface area (Å²) in [5, 5.41) is 9.74. The number of fused-ring (bicyclic) bond motifs is 11. The molecule has 11 aromatic rings. The fourth-order valence-corrected chi connectivity index (χ4v) is 10.1. The van der Waals surface area contributed by atoms with Crippen molar-refractivity contribution in [2.75, 3.05) is 4.90 Å². The van der Waals surface area contributed by atoms with Crippen LogP contribution < -0.4 is 4.90 Å². The van der Waals surface area contributed by atoms with E-state index in [0.29, 0.717) is 0 Å². The number of hydrogen-bond donors (Lipinski definition) is 0. The highest BCUT2D eigenvalue weighted by atomic mass is 32.1. The number of anilines is 3. The Bertz CT molecular complexity index is 3130. The average Bonchev–Trinajstić information content (AvgIpc) is 3.87. The Morgan fingerprint density at radius 2 is 1.08 bits per heavy atom. The van der Waals surface area contributed by atoms with Crippen LogP contribution in [0.4, 0.5) is 17.1 Å². The second-order valence-electron chi connectivity index (χ2n) is 12.9. The SMILES string of the molecule is c1cc(-c2ccc3c(c2)sc2ccccc23)cc(N(c2cccc3c2sc2ccccc23)c2cccc3oc4c5ccccc5ccc4c23)c1. The molecule has 4 heteroatoms. The predicted octanol–water partition coefficient (Wildman–Crippen LogP) is 14.6. The van der Waals surface area contributed by atoms with Gasteiger partial charge in [-0.25, -0.2) is 0 Å². The van der Waals surface area contributed by atoms with E-state index in [1.54, 1.807) is 0 Å². The van der Waals surface area contributed by atoms with Crippen LogP contribution in [-0.4, -0.2) is 0 Å². The Morgan fingerprint density at radius 3 is 1.98 bits per heavy atom. The summed E-state index contributed by atoms with van der Waals surface area (Å²) in [6, 6.07) is 59.5. The molecule has 0 saturated heterocycles. The van der Waals surface area contributed by atoms with E-state index in [1.807, 2.05) is 22.7 Å². The molecular formula is C46H27NOS2. The van der Waals surface area contributed by atoms with Crippen molar-refractivity contribution in [2.45, 2.75) is 0 Å². The highest BCUT2D eigenvalue weighted by molar-refractivity contribution is 7.26. The molecule has 0 aliphatic carbocycles. The van der Waals surface area contributed by atoms with Gasteiger partial charge in [0, 0.05) is 52.1 Å². The van der Waals surface area contributed by atoms with Crippen molar-refractivity contribution in [3.63, 3.8) is 0 Å². The maximum Gasteiger partial charge on any atom is 0.143 e. The van der Waals surface area contributed by atoms with Crippen LogP contribution in [0.15, 0.2) is 168 Å². The summed E-state index contributed by atoms with van der Waals surface area (Å²) >= 11 is 3.72. The highest BCUT2D eigenvalue weighted by Gasteiger charge is 2.23. The van der Waals surface area contributed by atoms with Crippen LogP contribution in [0.3, 0.4) is 0 Å². The van der Waals surface area contributed by atoms with E-state index >= 15 is 0 Å². The van der Waals surface area contributed by atoms with Crippen LogP contribution in [0.1, 0.15) is 0 Å². The van der Waals surface area contributed by atoms with Crippen molar-refractivity contribution >= 4 is 113 Å².